The Balaban J connectivity index is 1.82. The summed E-state index contributed by atoms with van der Waals surface area (Å²) in [6.45, 7) is 2.79. The summed E-state index contributed by atoms with van der Waals surface area (Å²) in [6, 6.07) is 8.30. The van der Waals surface area contributed by atoms with Crippen molar-refractivity contribution in [2.45, 2.75) is 18.9 Å². The van der Waals surface area contributed by atoms with E-state index in [1.165, 1.54) is 5.56 Å². The molecule has 1 unspecified atom stereocenters. The number of nitrogens with two attached hydrogens (primary N) is 1. The van der Waals surface area contributed by atoms with Gasteiger partial charge in [-0.15, -0.1) is 0 Å². The molecule has 1 atom stereocenters. The SMILES string of the molecule is CN(CCCN)CC1Cc2ccccc2O1. The minimum absolute atomic E-state index is 0.306. The second-order valence-electron chi connectivity index (χ2n) is 4.46. The van der Waals surface area contributed by atoms with E-state index in [1.54, 1.807) is 0 Å². The molecule has 88 valence electrons. The van der Waals surface area contributed by atoms with Crippen LogP contribution in [0.25, 0.3) is 0 Å². The van der Waals surface area contributed by atoms with E-state index in [-0.39, 0.29) is 0 Å². The van der Waals surface area contributed by atoms with Crippen LogP contribution < -0.4 is 10.5 Å². The fourth-order valence-electron chi connectivity index (χ4n) is 2.16. The maximum absolute atomic E-state index is 5.88. The van der Waals surface area contributed by atoms with Gasteiger partial charge in [-0.05, 0) is 38.2 Å². The molecule has 0 saturated carbocycles. The molecule has 3 nitrogen and oxygen atoms in total. The molecule has 3 heteroatoms. The maximum atomic E-state index is 5.88. The summed E-state index contributed by atoms with van der Waals surface area (Å²) in [5.74, 6) is 1.06. The second-order valence-corrected chi connectivity index (χ2v) is 4.46. The van der Waals surface area contributed by atoms with Gasteiger partial charge in [0.25, 0.3) is 0 Å². The number of likely N-dealkylation sites (N-methyl/N-ethyl adjacent to an activating group) is 1. The number of para-hydroxylation sites is 1. The zero-order valence-electron chi connectivity index (χ0n) is 9.86. The van der Waals surface area contributed by atoms with Gasteiger partial charge in [-0.1, -0.05) is 18.2 Å². The van der Waals surface area contributed by atoms with Crippen molar-refractivity contribution in [1.29, 1.82) is 0 Å². The summed E-state index contributed by atoms with van der Waals surface area (Å²) < 4.78 is 5.88. The van der Waals surface area contributed by atoms with Crippen LogP contribution >= 0.6 is 0 Å². The summed E-state index contributed by atoms with van der Waals surface area (Å²) in [6.07, 6.45) is 2.39. The highest BCUT2D eigenvalue weighted by molar-refractivity contribution is 5.37. The molecular weight excluding hydrogens is 200 g/mol. The molecule has 0 spiro atoms. The Hall–Kier alpha value is -1.06. The van der Waals surface area contributed by atoms with Gasteiger partial charge in [-0.3, -0.25) is 0 Å². The van der Waals surface area contributed by atoms with Gasteiger partial charge in [0.2, 0.25) is 0 Å². The summed E-state index contributed by atoms with van der Waals surface area (Å²) in [5, 5.41) is 0. The van der Waals surface area contributed by atoms with Crippen molar-refractivity contribution in [3.05, 3.63) is 29.8 Å². The molecule has 2 N–H and O–H groups in total. The first-order valence-electron chi connectivity index (χ1n) is 5.93. The van der Waals surface area contributed by atoms with Crippen molar-refractivity contribution < 1.29 is 4.74 Å². The molecule has 0 fully saturated rings. The molecular formula is C13H20N2O. The first kappa shape index (κ1) is 11.4. The highest BCUT2D eigenvalue weighted by Gasteiger charge is 2.22. The fraction of sp³-hybridized carbons (Fsp3) is 0.538. The Morgan fingerprint density at radius 2 is 2.25 bits per heavy atom. The molecule has 2 rings (SSSR count). The zero-order valence-corrected chi connectivity index (χ0v) is 9.86. The van der Waals surface area contributed by atoms with Crippen molar-refractivity contribution in [2.75, 3.05) is 26.7 Å². The topological polar surface area (TPSA) is 38.5 Å². The number of nitrogens with zero attached hydrogens (tertiary/aromatic N) is 1. The zero-order chi connectivity index (χ0) is 11.4. The number of fused-ring (bicyclic) bond motifs is 1. The number of hydrogen-bond acceptors (Lipinski definition) is 3. The highest BCUT2D eigenvalue weighted by Crippen LogP contribution is 2.28. The number of ether oxygens (including phenoxy) is 1. The van der Waals surface area contributed by atoms with E-state index in [1.807, 2.05) is 6.07 Å². The Bertz CT molecular complexity index is 315. The minimum atomic E-state index is 0.306. The fourth-order valence-corrected chi connectivity index (χ4v) is 2.16. The second kappa shape index (κ2) is 5.32. The normalized spacial score (nSPS) is 18.6. The van der Waals surface area contributed by atoms with E-state index >= 15 is 0 Å². The molecule has 1 aliphatic heterocycles. The molecule has 0 saturated heterocycles. The van der Waals surface area contributed by atoms with Crippen molar-refractivity contribution in [3.63, 3.8) is 0 Å². The van der Waals surface area contributed by atoms with Crippen LogP contribution in [0.2, 0.25) is 0 Å². The summed E-state index contributed by atoms with van der Waals surface area (Å²) in [7, 11) is 2.13. The number of rotatable bonds is 5. The number of hydrogen-bond donors (Lipinski definition) is 1. The lowest BCUT2D eigenvalue weighted by Gasteiger charge is -2.20. The van der Waals surface area contributed by atoms with Crippen LogP contribution in [-0.4, -0.2) is 37.7 Å². The van der Waals surface area contributed by atoms with E-state index in [0.29, 0.717) is 6.10 Å². The molecule has 1 aromatic rings. The van der Waals surface area contributed by atoms with Crippen molar-refractivity contribution >= 4 is 0 Å². The van der Waals surface area contributed by atoms with Gasteiger partial charge in [-0.2, -0.15) is 0 Å². The third-order valence-corrected chi connectivity index (χ3v) is 2.97. The van der Waals surface area contributed by atoms with Crippen molar-refractivity contribution in [2.24, 2.45) is 5.73 Å². The van der Waals surface area contributed by atoms with E-state index in [9.17, 15) is 0 Å². The van der Waals surface area contributed by atoms with Gasteiger partial charge >= 0.3 is 0 Å². The molecule has 16 heavy (non-hydrogen) atoms. The summed E-state index contributed by atoms with van der Waals surface area (Å²) in [5.41, 5.74) is 6.83. The van der Waals surface area contributed by atoms with Gasteiger partial charge < -0.3 is 15.4 Å². The molecule has 1 aliphatic rings. The maximum Gasteiger partial charge on any atom is 0.123 e. The third kappa shape index (κ3) is 2.74. The number of benzene rings is 1. The molecule has 1 heterocycles. The Morgan fingerprint density at radius 3 is 3.00 bits per heavy atom. The minimum Gasteiger partial charge on any atom is -0.488 e. The van der Waals surface area contributed by atoms with Gasteiger partial charge in [0, 0.05) is 13.0 Å². The first-order chi connectivity index (χ1) is 7.79. The van der Waals surface area contributed by atoms with Crippen LogP contribution in [-0.2, 0) is 6.42 Å². The Kier molecular flexibility index (Phi) is 3.80. The largest absolute Gasteiger partial charge is 0.488 e. The lowest BCUT2D eigenvalue weighted by Crippen LogP contribution is -2.33. The predicted molar refractivity (Wildman–Crippen MR) is 65.7 cm³/mol. The van der Waals surface area contributed by atoms with Gasteiger partial charge in [0.15, 0.2) is 0 Å². The van der Waals surface area contributed by atoms with Crippen LogP contribution in [0.4, 0.5) is 0 Å². The van der Waals surface area contributed by atoms with Crippen LogP contribution in [0.3, 0.4) is 0 Å². The van der Waals surface area contributed by atoms with E-state index in [4.69, 9.17) is 10.5 Å². The highest BCUT2D eigenvalue weighted by atomic mass is 16.5. The standard InChI is InChI=1S/C13H20N2O/c1-15(8-4-7-14)10-12-9-11-5-2-3-6-13(11)16-12/h2-3,5-6,12H,4,7-10,14H2,1H3. The van der Waals surface area contributed by atoms with Crippen molar-refractivity contribution in [3.8, 4) is 5.75 Å². The molecule has 0 radical (unpaired) electrons. The van der Waals surface area contributed by atoms with Crippen LogP contribution in [0, 0.1) is 0 Å². The Morgan fingerprint density at radius 1 is 1.44 bits per heavy atom. The molecule has 0 bridgehead atoms. The summed E-state index contributed by atoms with van der Waals surface area (Å²) in [4.78, 5) is 2.30. The summed E-state index contributed by atoms with van der Waals surface area (Å²) >= 11 is 0. The molecule has 0 aromatic heterocycles. The van der Waals surface area contributed by atoms with Crippen LogP contribution in [0.5, 0.6) is 5.75 Å². The van der Waals surface area contributed by atoms with E-state index in [2.05, 4.69) is 30.1 Å². The van der Waals surface area contributed by atoms with Crippen LogP contribution in [0.1, 0.15) is 12.0 Å². The third-order valence-electron chi connectivity index (χ3n) is 2.97. The molecule has 0 amide bonds. The first-order valence-corrected chi connectivity index (χ1v) is 5.93. The lowest BCUT2D eigenvalue weighted by atomic mass is 10.1. The predicted octanol–water partition coefficient (Wildman–Crippen LogP) is 1.27. The average Bonchev–Trinajstić information content (AvgIpc) is 2.68. The van der Waals surface area contributed by atoms with Gasteiger partial charge in [-0.25, -0.2) is 0 Å². The average molecular weight is 220 g/mol. The quantitative estimate of drug-likeness (QED) is 0.812. The molecule has 0 aliphatic carbocycles. The van der Waals surface area contributed by atoms with Gasteiger partial charge in [0.1, 0.15) is 11.9 Å². The smallest absolute Gasteiger partial charge is 0.123 e. The van der Waals surface area contributed by atoms with E-state index in [0.717, 1.165) is 38.2 Å². The van der Waals surface area contributed by atoms with Crippen LogP contribution in [0.15, 0.2) is 24.3 Å². The lowest BCUT2D eigenvalue weighted by molar-refractivity contribution is 0.168. The Labute approximate surface area is 97.2 Å². The van der Waals surface area contributed by atoms with E-state index < -0.39 is 0 Å². The monoisotopic (exact) mass is 220 g/mol. The van der Waals surface area contributed by atoms with Crippen molar-refractivity contribution in [1.82, 2.24) is 4.90 Å². The molecule has 1 aromatic carbocycles. The van der Waals surface area contributed by atoms with Gasteiger partial charge in [0.05, 0.1) is 0 Å².